The summed E-state index contributed by atoms with van der Waals surface area (Å²) in [5.41, 5.74) is 3.49. The molecule has 0 saturated carbocycles. The molecule has 2 aromatic carbocycles. The number of rotatable bonds is 8. The second-order valence-corrected chi connectivity index (χ2v) is 8.98. The molecule has 1 heterocycles. The number of benzene rings is 2. The first-order valence-electron chi connectivity index (χ1n) is 10.4. The Morgan fingerprint density at radius 2 is 2.03 bits per heavy atom. The molecule has 1 aliphatic rings. The van der Waals surface area contributed by atoms with E-state index in [9.17, 15) is 14.0 Å². The highest BCUT2D eigenvalue weighted by Crippen LogP contribution is 2.37. The van der Waals surface area contributed by atoms with Crippen LogP contribution in [0.25, 0.3) is 0 Å². The summed E-state index contributed by atoms with van der Waals surface area (Å²) < 4.78 is 18.9. The number of carboxylic acid groups (broad SMARTS) is 1. The van der Waals surface area contributed by atoms with E-state index < -0.39 is 11.8 Å². The highest BCUT2D eigenvalue weighted by Gasteiger charge is 2.25. The van der Waals surface area contributed by atoms with Crippen molar-refractivity contribution < 1.29 is 23.8 Å². The molecular weight excluding hydrogens is 431 g/mol. The Labute approximate surface area is 189 Å². The minimum absolute atomic E-state index is 0.0812. The number of carbonyl (C=O) groups is 2. The first-order valence-corrected chi connectivity index (χ1v) is 11.2. The van der Waals surface area contributed by atoms with Crippen molar-refractivity contribution in [1.82, 2.24) is 4.98 Å². The molecule has 0 saturated heterocycles. The van der Waals surface area contributed by atoms with E-state index in [0.717, 1.165) is 40.3 Å². The number of carboxylic acids is 1. The normalized spacial score (nSPS) is 14.8. The predicted octanol–water partition coefficient (Wildman–Crippen LogP) is 4.97. The smallest absolute Gasteiger partial charge is 0.303 e. The SMILES string of the molecule is Cc1sc(NC(=O)c2ccc(F)cc2)nc1CCOc1ccc2c(c1)CCC2CC(=O)O. The largest absolute Gasteiger partial charge is 0.493 e. The van der Waals surface area contributed by atoms with Crippen molar-refractivity contribution in [2.75, 3.05) is 11.9 Å². The molecular formula is C24H23FN2O4S. The van der Waals surface area contributed by atoms with E-state index in [1.54, 1.807) is 0 Å². The van der Waals surface area contributed by atoms with Crippen molar-refractivity contribution >= 4 is 28.3 Å². The summed E-state index contributed by atoms with van der Waals surface area (Å²) >= 11 is 1.39. The molecule has 1 aliphatic carbocycles. The summed E-state index contributed by atoms with van der Waals surface area (Å²) in [6.07, 6.45) is 2.48. The topological polar surface area (TPSA) is 88.5 Å². The van der Waals surface area contributed by atoms with Gasteiger partial charge in [0.1, 0.15) is 11.6 Å². The number of amides is 1. The van der Waals surface area contributed by atoms with E-state index in [1.807, 2.05) is 25.1 Å². The third-order valence-electron chi connectivity index (χ3n) is 5.56. The number of thiazole rings is 1. The van der Waals surface area contributed by atoms with E-state index in [-0.39, 0.29) is 18.2 Å². The molecule has 1 atom stereocenters. The fourth-order valence-corrected chi connectivity index (χ4v) is 4.80. The number of hydrogen-bond donors (Lipinski definition) is 2. The van der Waals surface area contributed by atoms with E-state index in [2.05, 4.69) is 10.3 Å². The number of ether oxygens (including phenoxy) is 1. The Balaban J connectivity index is 1.32. The molecule has 2 N–H and O–H groups in total. The zero-order valence-electron chi connectivity index (χ0n) is 17.6. The van der Waals surface area contributed by atoms with Crippen LogP contribution < -0.4 is 10.1 Å². The standard InChI is InChI=1S/C24H23FN2O4S/c1-14-21(26-24(32-14)27-23(30)15-4-6-18(25)7-5-15)10-11-31-19-8-9-20-16(12-19)2-3-17(20)13-22(28)29/h4-9,12,17H,2-3,10-11,13H2,1H3,(H,28,29)(H,26,27,30). The number of hydrogen-bond acceptors (Lipinski definition) is 5. The van der Waals surface area contributed by atoms with Crippen LogP contribution in [-0.4, -0.2) is 28.6 Å². The molecule has 0 spiro atoms. The zero-order chi connectivity index (χ0) is 22.7. The summed E-state index contributed by atoms with van der Waals surface area (Å²) in [4.78, 5) is 28.8. The van der Waals surface area contributed by atoms with Crippen molar-refractivity contribution in [3.05, 3.63) is 75.5 Å². The second-order valence-electron chi connectivity index (χ2n) is 7.78. The van der Waals surface area contributed by atoms with Gasteiger partial charge in [0.15, 0.2) is 5.13 Å². The van der Waals surface area contributed by atoms with Crippen LogP contribution in [0.4, 0.5) is 9.52 Å². The maximum atomic E-state index is 13.0. The molecule has 1 unspecified atom stereocenters. The average molecular weight is 455 g/mol. The Bertz CT molecular complexity index is 1140. The van der Waals surface area contributed by atoms with E-state index in [0.29, 0.717) is 23.7 Å². The Morgan fingerprint density at radius 1 is 1.25 bits per heavy atom. The van der Waals surface area contributed by atoms with Gasteiger partial charge in [0, 0.05) is 16.9 Å². The number of nitrogens with zero attached hydrogens (tertiary/aromatic N) is 1. The molecule has 3 aromatic rings. The van der Waals surface area contributed by atoms with Crippen LogP contribution in [-0.2, 0) is 17.6 Å². The number of aliphatic carboxylic acids is 1. The lowest BCUT2D eigenvalue weighted by Crippen LogP contribution is -2.11. The highest BCUT2D eigenvalue weighted by molar-refractivity contribution is 7.15. The molecule has 166 valence electrons. The van der Waals surface area contributed by atoms with Gasteiger partial charge in [-0.15, -0.1) is 11.3 Å². The number of aromatic nitrogens is 1. The Morgan fingerprint density at radius 3 is 2.78 bits per heavy atom. The number of anilines is 1. The Kier molecular flexibility index (Phi) is 6.50. The maximum Gasteiger partial charge on any atom is 0.303 e. The Hall–Kier alpha value is -3.26. The van der Waals surface area contributed by atoms with Gasteiger partial charge in [-0.2, -0.15) is 0 Å². The number of fused-ring (bicyclic) bond motifs is 1. The summed E-state index contributed by atoms with van der Waals surface area (Å²) in [5.74, 6) is -0.650. The summed E-state index contributed by atoms with van der Waals surface area (Å²) in [7, 11) is 0. The monoisotopic (exact) mass is 454 g/mol. The van der Waals surface area contributed by atoms with Crippen molar-refractivity contribution in [3.63, 3.8) is 0 Å². The summed E-state index contributed by atoms with van der Waals surface area (Å²) in [6.45, 7) is 2.38. The lowest BCUT2D eigenvalue weighted by atomic mass is 9.98. The fourth-order valence-electron chi connectivity index (χ4n) is 3.94. The number of nitrogens with one attached hydrogen (secondary N) is 1. The minimum Gasteiger partial charge on any atom is -0.493 e. The van der Waals surface area contributed by atoms with Crippen molar-refractivity contribution in [2.45, 2.75) is 38.5 Å². The third kappa shape index (κ3) is 5.13. The van der Waals surface area contributed by atoms with Gasteiger partial charge in [-0.3, -0.25) is 14.9 Å². The van der Waals surface area contributed by atoms with Crippen LogP contribution in [0.15, 0.2) is 42.5 Å². The predicted molar refractivity (Wildman–Crippen MR) is 120 cm³/mol. The van der Waals surface area contributed by atoms with Gasteiger partial charge in [-0.05, 0) is 73.2 Å². The summed E-state index contributed by atoms with van der Waals surface area (Å²) in [5, 5.41) is 12.3. The molecule has 0 aliphatic heterocycles. The van der Waals surface area contributed by atoms with Gasteiger partial charge in [0.2, 0.25) is 0 Å². The maximum absolute atomic E-state index is 13.0. The van der Waals surface area contributed by atoms with Crippen LogP contribution in [0.3, 0.4) is 0 Å². The fraction of sp³-hybridized carbons (Fsp3) is 0.292. The average Bonchev–Trinajstić information content (AvgIpc) is 3.30. The van der Waals surface area contributed by atoms with Crippen LogP contribution in [0.5, 0.6) is 5.75 Å². The molecule has 32 heavy (non-hydrogen) atoms. The van der Waals surface area contributed by atoms with Gasteiger partial charge in [0.05, 0.1) is 18.7 Å². The van der Waals surface area contributed by atoms with Crippen molar-refractivity contribution in [1.29, 1.82) is 0 Å². The lowest BCUT2D eigenvalue weighted by molar-refractivity contribution is -0.137. The molecule has 8 heteroatoms. The summed E-state index contributed by atoms with van der Waals surface area (Å²) in [6, 6.07) is 11.2. The van der Waals surface area contributed by atoms with Crippen LogP contribution >= 0.6 is 11.3 Å². The van der Waals surface area contributed by atoms with Gasteiger partial charge in [0.25, 0.3) is 5.91 Å². The minimum atomic E-state index is -0.768. The highest BCUT2D eigenvalue weighted by atomic mass is 32.1. The number of halogens is 1. The van der Waals surface area contributed by atoms with Crippen molar-refractivity contribution in [2.24, 2.45) is 0 Å². The van der Waals surface area contributed by atoms with Gasteiger partial charge >= 0.3 is 5.97 Å². The first-order chi connectivity index (χ1) is 15.4. The molecule has 4 rings (SSSR count). The number of carbonyl (C=O) groups excluding carboxylic acids is 1. The quantitative estimate of drug-likeness (QED) is 0.502. The van der Waals surface area contributed by atoms with Crippen LogP contribution in [0.2, 0.25) is 0 Å². The van der Waals surface area contributed by atoms with Gasteiger partial charge in [-0.25, -0.2) is 9.37 Å². The van der Waals surface area contributed by atoms with Crippen LogP contribution in [0, 0.1) is 12.7 Å². The van der Waals surface area contributed by atoms with Gasteiger partial charge < -0.3 is 9.84 Å². The number of aryl methyl sites for hydroxylation is 2. The molecule has 0 fully saturated rings. The molecule has 6 nitrogen and oxygen atoms in total. The molecule has 0 radical (unpaired) electrons. The van der Waals surface area contributed by atoms with Crippen molar-refractivity contribution in [3.8, 4) is 5.75 Å². The third-order valence-corrected chi connectivity index (χ3v) is 6.49. The van der Waals surface area contributed by atoms with E-state index in [1.165, 1.54) is 35.6 Å². The molecule has 1 aromatic heterocycles. The molecule has 1 amide bonds. The zero-order valence-corrected chi connectivity index (χ0v) is 18.4. The van der Waals surface area contributed by atoms with E-state index >= 15 is 0 Å². The van der Waals surface area contributed by atoms with Gasteiger partial charge in [-0.1, -0.05) is 6.07 Å². The second kappa shape index (κ2) is 9.48. The van der Waals surface area contributed by atoms with Crippen LogP contribution in [0.1, 0.15) is 50.8 Å². The van der Waals surface area contributed by atoms with E-state index in [4.69, 9.17) is 9.84 Å². The first kappa shape index (κ1) is 22.0. The lowest BCUT2D eigenvalue weighted by Gasteiger charge is -2.10. The molecule has 0 bridgehead atoms.